The Labute approximate surface area is 157 Å². The van der Waals surface area contributed by atoms with Crippen LogP contribution in [0.25, 0.3) is 10.8 Å². The fraction of sp³-hybridized carbons (Fsp3) is 0.0833. The molecule has 5 rings (SSSR count). The Hall–Kier alpha value is -3.30. The predicted molar refractivity (Wildman–Crippen MR) is 107 cm³/mol. The van der Waals surface area contributed by atoms with E-state index < -0.39 is 5.54 Å². The van der Waals surface area contributed by atoms with Crippen LogP contribution in [0.2, 0.25) is 0 Å². The van der Waals surface area contributed by atoms with Crippen molar-refractivity contribution in [2.45, 2.75) is 12.1 Å². The average Bonchev–Trinajstić information content (AvgIpc) is 3.10. The summed E-state index contributed by atoms with van der Waals surface area (Å²) >= 11 is 0. The number of hydrogen-bond donors (Lipinski definition) is 3. The van der Waals surface area contributed by atoms with Crippen molar-refractivity contribution in [3.8, 4) is 11.5 Å². The number of aromatic hydroxyl groups is 2. The van der Waals surface area contributed by atoms with Crippen LogP contribution >= 0.6 is 0 Å². The van der Waals surface area contributed by atoms with E-state index in [1.165, 1.54) is 21.9 Å². The van der Waals surface area contributed by atoms with Crippen molar-refractivity contribution in [1.29, 1.82) is 0 Å². The Morgan fingerprint density at radius 1 is 0.667 bits per heavy atom. The van der Waals surface area contributed by atoms with Crippen LogP contribution in [0.15, 0.2) is 84.9 Å². The molecule has 0 saturated carbocycles. The highest BCUT2D eigenvalue weighted by Crippen LogP contribution is 2.45. The molecule has 1 heterocycles. The minimum absolute atomic E-state index is 0.247. The van der Waals surface area contributed by atoms with Crippen LogP contribution in [0.4, 0.5) is 0 Å². The van der Waals surface area contributed by atoms with Gasteiger partial charge in [-0.2, -0.15) is 0 Å². The number of benzene rings is 4. The SMILES string of the molecule is Oc1ccc(C2(c3ccc(O)cc3)NCc3c2ccc2ccccc32)cc1. The van der Waals surface area contributed by atoms with E-state index in [-0.39, 0.29) is 11.5 Å². The van der Waals surface area contributed by atoms with Gasteiger partial charge in [-0.05, 0) is 57.3 Å². The number of fused-ring (bicyclic) bond motifs is 3. The van der Waals surface area contributed by atoms with Crippen molar-refractivity contribution >= 4 is 10.8 Å². The minimum Gasteiger partial charge on any atom is -0.508 e. The molecule has 4 aromatic rings. The molecule has 3 heteroatoms. The summed E-state index contributed by atoms with van der Waals surface area (Å²) in [5.74, 6) is 0.493. The molecule has 27 heavy (non-hydrogen) atoms. The lowest BCUT2D eigenvalue weighted by atomic mass is 9.77. The summed E-state index contributed by atoms with van der Waals surface area (Å²) in [6.07, 6.45) is 0. The smallest absolute Gasteiger partial charge is 0.115 e. The Morgan fingerprint density at radius 2 is 1.26 bits per heavy atom. The number of rotatable bonds is 2. The first-order chi connectivity index (χ1) is 13.2. The van der Waals surface area contributed by atoms with Gasteiger partial charge in [0.1, 0.15) is 11.5 Å². The molecule has 0 atom stereocenters. The monoisotopic (exact) mass is 353 g/mol. The van der Waals surface area contributed by atoms with Crippen LogP contribution in [-0.4, -0.2) is 10.2 Å². The van der Waals surface area contributed by atoms with Gasteiger partial charge in [0.15, 0.2) is 0 Å². The van der Waals surface area contributed by atoms with Crippen LogP contribution in [0.3, 0.4) is 0 Å². The molecule has 0 radical (unpaired) electrons. The van der Waals surface area contributed by atoms with Crippen LogP contribution in [-0.2, 0) is 12.1 Å². The molecule has 0 spiro atoms. The molecule has 0 bridgehead atoms. The maximum atomic E-state index is 9.77. The molecule has 4 aromatic carbocycles. The highest BCUT2D eigenvalue weighted by Gasteiger charge is 2.42. The molecule has 0 unspecified atom stereocenters. The summed E-state index contributed by atoms with van der Waals surface area (Å²) in [5.41, 5.74) is 4.08. The van der Waals surface area contributed by atoms with Gasteiger partial charge in [-0.1, -0.05) is 60.7 Å². The topological polar surface area (TPSA) is 52.5 Å². The fourth-order valence-corrected chi connectivity index (χ4v) is 4.30. The summed E-state index contributed by atoms with van der Waals surface area (Å²) in [5, 5.41) is 25.8. The normalized spacial score (nSPS) is 15.0. The van der Waals surface area contributed by atoms with Crippen LogP contribution in [0.5, 0.6) is 11.5 Å². The largest absolute Gasteiger partial charge is 0.508 e. The fourth-order valence-electron chi connectivity index (χ4n) is 4.30. The summed E-state index contributed by atoms with van der Waals surface area (Å²) in [7, 11) is 0. The molecule has 3 N–H and O–H groups in total. The highest BCUT2D eigenvalue weighted by atomic mass is 16.3. The van der Waals surface area contributed by atoms with Gasteiger partial charge in [-0.25, -0.2) is 0 Å². The van der Waals surface area contributed by atoms with Crippen molar-refractivity contribution in [1.82, 2.24) is 5.32 Å². The standard InChI is InChI=1S/C24H19NO2/c26-19-10-6-17(7-11-19)24(18-8-12-20(27)13-9-18)23-14-5-16-3-1-2-4-21(16)22(23)15-25-24/h1-14,25-27H,15H2. The summed E-state index contributed by atoms with van der Waals surface area (Å²) < 4.78 is 0. The van der Waals surface area contributed by atoms with Crippen molar-refractivity contribution in [2.75, 3.05) is 0 Å². The quantitative estimate of drug-likeness (QED) is 0.492. The molecule has 3 nitrogen and oxygen atoms in total. The molecular formula is C24H19NO2. The zero-order chi connectivity index (χ0) is 18.4. The van der Waals surface area contributed by atoms with Crippen molar-refractivity contribution < 1.29 is 10.2 Å². The van der Waals surface area contributed by atoms with Gasteiger partial charge in [-0.3, -0.25) is 5.32 Å². The molecule has 1 aliphatic heterocycles. The Morgan fingerprint density at radius 3 is 1.89 bits per heavy atom. The second-order valence-electron chi connectivity index (χ2n) is 7.01. The molecule has 132 valence electrons. The predicted octanol–water partition coefficient (Wildman–Crippen LogP) is 4.65. The van der Waals surface area contributed by atoms with Gasteiger partial charge in [-0.15, -0.1) is 0 Å². The molecule has 0 fully saturated rings. The maximum absolute atomic E-state index is 9.77. The van der Waals surface area contributed by atoms with E-state index in [1.807, 2.05) is 24.3 Å². The lowest BCUT2D eigenvalue weighted by molar-refractivity contribution is 0.470. The second kappa shape index (κ2) is 5.86. The van der Waals surface area contributed by atoms with Crippen molar-refractivity contribution in [3.05, 3.63) is 107 Å². The lowest BCUT2D eigenvalue weighted by Gasteiger charge is -2.32. The maximum Gasteiger partial charge on any atom is 0.115 e. The summed E-state index contributed by atoms with van der Waals surface area (Å²) in [4.78, 5) is 0. The number of phenolic OH excluding ortho intramolecular Hbond substituents is 2. The van der Waals surface area contributed by atoms with E-state index in [4.69, 9.17) is 0 Å². The third-order valence-corrected chi connectivity index (χ3v) is 5.58. The van der Waals surface area contributed by atoms with Crippen LogP contribution in [0.1, 0.15) is 22.3 Å². The van der Waals surface area contributed by atoms with Crippen molar-refractivity contribution in [3.63, 3.8) is 0 Å². The molecule has 0 aliphatic carbocycles. The van der Waals surface area contributed by atoms with Gasteiger partial charge in [0.2, 0.25) is 0 Å². The van der Waals surface area contributed by atoms with E-state index in [9.17, 15) is 10.2 Å². The van der Waals surface area contributed by atoms with Crippen LogP contribution in [0, 0.1) is 0 Å². The number of phenols is 2. The molecule has 1 aliphatic rings. The Kier molecular flexibility index (Phi) is 3.46. The third-order valence-electron chi connectivity index (χ3n) is 5.58. The van der Waals surface area contributed by atoms with Crippen LogP contribution < -0.4 is 5.32 Å². The first-order valence-corrected chi connectivity index (χ1v) is 9.04. The Bertz CT molecular complexity index is 1090. The molecule has 0 amide bonds. The summed E-state index contributed by atoms with van der Waals surface area (Å²) in [6.45, 7) is 0.748. The second-order valence-corrected chi connectivity index (χ2v) is 7.01. The van der Waals surface area contributed by atoms with Gasteiger partial charge in [0.25, 0.3) is 0 Å². The van der Waals surface area contributed by atoms with Crippen molar-refractivity contribution in [2.24, 2.45) is 0 Å². The lowest BCUT2D eigenvalue weighted by Crippen LogP contribution is -2.39. The van der Waals surface area contributed by atoms with E-state index in [0.717, 1.165) is 17.7 Å². The highest BCUT2D eigenvalue weighted by molar-refractivity contribution is 5.88. The molecular weight excluding hydrogens is 334 g/mol. The van der Waals surface area contributed by atoms with E-state index >= 15 is 0 Å². The zero-order valence-electron chi connectivity index (χ0n) is 14.7. The molecule has 0 saturated heterocycles. The van der Waals surface area contributed by atoms with E-state index in [2.05, 4.69) is 41.7 Å². The van der Waals surface area contributed by atoms with Gasteiger partial charge < -0.3 is 10.2 Å². The molecule has 0 aromatic heterocycles. The summed E-state index contributed by atoms with van der Waals surface area (Å²) in [6, 6.07) is 27.5. The van der Waals surface area contributed by atoms with Gasteiger partial charge in [0, 0.05) is 6.54 Å². The first kappa shape index (κ1) is 15.9. The van der Waals surface area contributed by atoms with E-state index in [1.54, 1.807) is 24.3 Å². The average molecular weight is 353 g/mol. The van der Waals surface area contributed by atoms with Gasteiger partial charge >= 0.3 is 0 Å². The van der Waals surface area contributed by atoms with Gasteiger partial charge in [0.05, 0.1) is 5.54 Å². The minimum atomic E-state index is -0.527. The number of hydrogen-bond acceptors (Lipinski definition) is 3. The zero-order valence-corrected chi connectivity index (χ0v) is 14.7. The van der Waals surface area contributed by atoms with E-state index in [0.29, 0.717) is 0 Å². The Balaban J connectivity index is 1.82. The number of nitrogens with one attached hydrogen (secondary N) is 1. The first-order valence-electron chi connectivity index (χ1n) is 9.04. The third kappa shape index (κ3) is 2.32.